The fourth-order valence-electron chi connectivity index (χ4n) is 1.35. The number of benzene rings is 1. The molecule has 0 aliphatic rings. The molecule has 0 amide bonds. The first-order chi connectivity index (χ1) is 6.86. The van der Waals surface area contributed by atoms with Gasteiger partial charge in [0.25, 0.3) is 0 Å². The molecule has 0 spiro atoms. The van der Waals surface area contributed by atoms with E-state index in [2.05, 4.69) is 13.8 Å². The van der Waals surface area contributed by atoms with Crippen LogP contribution in [0, 0.1) is 0 Å². The summed E-state index contributed by atoms with van der Waals surface area (Å²) < 4.78 is 27.9. The third-order valence-electron chi connectivity index (χ3n) is 2.25. The van der Waals surface area contributed by atoms with Gasteiger partial charge in [0.05, 0.1) is 7.11 Å². The largest absolute Gasteiger partial charge is 0.495 e. The predicted molar refractivity (Wildman–Crippen MR) is 60.2 cm³/mol. The average molecular weight is 228 g/mol. The van der Waals surface area contributed by atoms with Gasteiger partial charge in [0.1, 0.15) is 10.6 Å². The van der Waals surface area contributed by atoms with E-state index in [1.165, 1.54) is 13.4 Å². The Labute approximate surface area is 91.0 Å². The molecule has 15 heavy (non-hydrogen) atoms. The van der Waals surface area contributed by atoms with Gasteiger partial charge in [-0.1, -0.05) is 19.9 Å². The summed E-state index contributed by atoms with van der Waals surface area (Å²) in [6.45, 7) is 4.10. The fourth-order valence-corrected chi connectivity index (χ4v) is 2.17. The van der Waals surface area contributed by atoms with Crippen LogP contribution >= 0.6 is 0 Å². The van der Waals surface area contributed by atoms with Crippen molar-refractivity contribution in [3.8, 4) is 5.75 Å². The molecule has 0 radical (unpaired) electrons. The number of methoxy groups -OCH3 is 1. The zero-order chi connectivity index (χ0) is 11.6. The molecule has 1 aromatic carbocycles. The molecule has 0 aliphatic heterocycles. The second-order valence-electron chi connectivity index (χ2n) is 3.84. The molecular weight excluding hydrogens is 212 g/mol. The lowest BCUT2D eigenvalue weighted by molar-refractivity contribution is 0.402. The van der Waals surface area contributed by atoms with Crippen molar-refractivity contribution in [2.24, 2.45) is 0 Å². The van der Waals surface area contributed by atoms with Crippen molar-refractivity contribution in [3.63, 3.8) is 0 Å². The Morgan fingerprint density at radius 3 is 2.27 bits per heavy atom. The Balaban J connectivity index is 3.34. The SMILES string of the molecule is COc1cc(C(C)C)ccc1S(C)(=O)=O. The molecule has 0 aromatic heterocycles. The number of rotatable bonds is 3. The predicted octanol–water partition coefficient (Wildman–Crippen LogP) is 2.22. The Morgan fingerprint density at radius 1 is 1.27 bits per heavy atom. The van der Waals surface area contributed by atoms with E-state index in [-0.39, 0.29) is 4.90 Å². The van der Waals surface area contributed by atoms with E-state index >= 15 is 0 Å². The Morgan fingerprint density at radius 2 is 1.87 bits per heavy atom. The Bertz CT molecular complexity index is 447. The van der Waals surface area contributed by atoms with E-state index in [4.69, 9.17) is 4.74 Å². The summed E-state index contributed by atoms with van der Waals surface area (Å²) >= 11 is 0. The lowest BCUT2D eigenvalue weighted by Crippen LogP contribution is -2.01. The molecule has 0 N–H and O–H groups in total. The van der Waals surface area contributed by atoms with Crippen molar-refractivity contribution >= 4 is 9.84 Å². The number of hydrogen-bond donors (Lipinski definition) is 0. The Hall–Kier alpha value is -1.03. The zero-order valence-electron chi connectivity index (χ0n) is 9.44. The number of ether oxygens (including phenoxy) is 1. The van der Waals surface area contributed by atoms with Crippen LogP contribution in [-0.2, 0) is 9.84 Å². The van der Waals surface area contributed by atoms with Gasteiger partial charge in [0, 0.05) is 6.26 Å². The quantitative estimate of drug-likeness (QED) is 0.796. The molecule has 84 valence electrons. The third-order valence-corrected chi connectivity index (χ3v) is 3.39. The summed E-state index contributed by atoms with van der Waals surface area (Å²) in [7, 11) is -1.73. The van der Waals surface area contributed by atoms with Gasteiger partial charge in [-0.2, -0.15) is 0 Å². The van der Waals surface area contributed by atoms with Crippen molar-refractivity contribution in [1.29, 1.82) is 0 Å². The topological polar surface area (TPSA) is 43.4 Å². The van der Waals surface area contributed by atoms with Crippen LogP contribution in [0.2, 0.25) is 0 Å². The molecule has 0 saturated carbocycles. The van der Waals surface area contributed by atoms with Gasteiger partial charge in [-0.15, -0.1) is 0 Å². The standard InChI is InChI=1S/C11H16O3S/c1-8(2)9-5-6-11(15(4,12)13)10(7-9)14-3/h5-8H,1-4H3. The highest BCUT2D eigenvalue weighted by Gasteiger charge is 2.15. The molecule has 0 fully saturated rings. The Kier molecular flexibility index (Phi) is 3.39. The average Bonchev–Trinajstić information content (AvgIpc) is 2.15. The molecule has 0 aliphatic carbocycles. The van der Waals surface area contributed by atoms with Gasteiger partial charge < -0.3 is 4.74 Å². The molecule has 1 aromatic rings. The van der Waals surface area contributed by atoms with Crippen molar-refractivity contribution in [2.45, 2.75) is 24.7 Å². The van der Waals surface area contributed by atoms with Gasteiger partial charge in [-0.05, 0) is 23.6 Å². The highest BCUT2D eigenvalue weighted by molar-refractivity contribution is 7.90. The van der Waals surface area contributed by atoms with Gasteiger partial charge in [0.15, 0.2) is 9.84 Å². The van der Waals surface area contributed by atoms with Gasteiger partial charge >= 0.3 is 0 Å². The summed E-state index contributed by atoms with van der Waals surface area (Å²) in [5.41, 5.74) is 1.07. The normalized spacial score (nSPS) is 11.8. The van der Waals surface area contributed by atoms with Gasteiger partial charge in [0.2, 0.25) is 0 Å². The van der Waals surface area contributed by atoms with Crippen LogP contribution in [0.25, 0.3) is 0 Å². The maximum absolute atomic E-state index is 11.4. The maximum Gasteiger partial charge on any atom is 0.179 e. The molecule has 0 bridgehead atoms. The third kappa shape index (κ3) is 2.72. The monoisotopic (exact) mass is 228 g/mol. The second kappa shape index (κ2) is 4.23. The fraction of sp³-hybridized carbons (Fsp3) is 0.455. The smallest absolute Gasteiger partial charge is 0.179 e. The highest BCUT2D eigenvalue weighted by Crippen LogP contribution is 2.27. The lowest BCUT2D eigenvalue weighted by atomic mass is 10.0. The van der Waals surface area contributed by atoms with Crippen molar-refractivity contribution < 1.29 is 13.2 Å². The molecule has 0 heterocycles. The minimum atomic E-state index is -3.21. The van der Waals surface area contributed by atoms with Crippen LogP contribution in [-0.4, -0.2) is 21.8 Å². The van der Waals surface area contributed by atoms with Crippen LogP contribution < -0.4 is 4.74 Å². The first-order valence-electron chi connectivity index (χ1n) is 4.74. The van der Waals surface area contributed by atoms with E-state index in [0.717, 1.165) is 5.56 Å². The molecule has 0 atom stereocenters. The molecule has 4 heteroatoms. The van der Waals surface area contributed by atoms with Gasteiger partial charge in [-0.3, -0.25) is 0 Å². The molecule has 0 unspecified atom stereocenters. The van der Waals surface area contributed by atoms with Gasteiger partial charge in [-0.25, -0.2) is 8.42 Å². The van der Waals surface area contributed by atoms with Crippen LogP contribution in [0.4, 0.5) is 0 Å². The number of sulfone groups is 1. The summed E-state index contributed by atoms with van der Waals surface area (Å²) in [4.78, 5) is 0.245. The lowest BCUT2D eigenvalue weighted by Gasteiger charge is -2.11. The second-order valence-corrected chi connectivity index (χ2v) is 5.82. The van der Waals surface area contributed by atoms with Crippen LogP contribution in [0.1, 0.15) is 25.3 Å². The first-order valence-corrected chi connectivity index (χ1v) is 6.63. The summed E-state index contributed by atoms with van der Waals surface area (Å²) in [5, 5.41) is 0. The number of hydrogen-bond acceptors (Lipinski definition) is 3. The summed E-state index contributed by atoms with van der Waals surface area (Å²) in [6, 6.07) is 5.20. The molecular formula is C11H16O3S. The van der Waals surface area contributed by atoms with Crippen molar-refractivity contribution in [3.05, 3.63) is 23.8 Å². The van der Waals surface area contributed by atoms with E-state index in [0.29, 0.717) is 11.7 Å². The van der Waals surface area contributed by atoms with E-state index in [1.807, 2.05) is 6.07 Å². The minimum absolute atomic E-state index is 0.245. The molecule has 3 nitrogen and oxygen atoms in total. The first kappa shape index (κ1) is 12.0. The molecule has 0 saturated heterocycles. The van der Waals surface area contributed by atoms with E-state index in [9.17, 15) is 8.42 Å². The van der Waals surface area contributed by atoms with E-state index in [1.54, 1.807) is 12.1 Å². The minimum Gasteiger partial charge on any atom is -0.495 e. The van der Waals surface area contributed by atoms with Crippen LogP contribution in [0.5, 0.6) is 5.75 Å². The van der Waals surface area contributed by atoms with Crippen molar-refractivity contribution in [2.75, 3.05) is 13.4 Å². The maximum atomic E-state index is 11.4. The zero-order valence-corrected chi connectivity index (χ0v) is 10.3. The highest BCUT2D eigenvalue weighted by atomic mass is 32.2. The summed E-state index contributed by atoms with van der Waals surface area (Å²) in [5.74, 6) is 0.774. The summed E-state index contributed by atoms with van der Waals surface area (Å²) in [6.07, 6.45) is 1.18. The van der Waals surface area contributed by atoms with Crippen LogP contribution in [0.3, 0.4) is 0 Å². The molecule has 1 rings (SSSR count). The van der Waals surface area contributed by atoms with E-state index < -0.39 is 9.84 Å². The van der Waals surface area contributed by atoms with Crippen molar-refractivity contribution in [1.82, 2.24) is 0 Å². The van der Waals surface area contributed by atoms with Crippen LogP contribution in [0.15, 0.2) is 23.1 Å².